The second kappa shape index (κ2) is 3.28. The molecule has 0 unspecified atom stereocenters. The van der Waals surface area contributed by atoms with Crippen molar-refractivity contribution in [3.63, 3.8) is 0 Å². The number of aromatic amines is 1. The van der Waals surface area contributed by atoms with E-state index in [1.165, 1.54) is 4.98 Å². The van der Waals surface area contributed by atoms with E-state index in [1.54, 1.807) is 0 Å². The molecule has 0 aliphatic rings. The molecule has 0 radical (unpaired) electrons. The van der Waals surface area contributed by atoms with Crippen molar-refractivity contribution in [2.45, 2.75) is 12.4 Å². The van der Waals surface area contributed by atoms with Crippen LogP contribution < -0.4 is 5.56 Å². The summed E-state index contributed by atoms with van der Waals surface area (Å²) in [7, 11) is 0. The molecule has 1 aromatic rings. The van der Waals surface area contributed by atoms with Crippen molar-refractivity contribution in [3.05, 3.63) is 33.7 Å². The summed E-state index contributed by atoms with van der Waals surface area (Å²) in [5.41, 5.74) is -5.01. The molecule has 1 rings (SSSR count). The van der Waals surface area contributed by atoms with Gasteiger partial charge in [-0.3, -0.25) is 4.79 Å². The first-order valence-corrected chi connectivity index (χ1v) is 3.49. The Morgan fingerprint density at radius 2 is 1.53 bits per heavy atom. The van der Waals surface area contributed by atoms with E-state index in [0.29, 0.717) is 0 Å². The summed E-state index contributed by atoms with van der Waals surface area (Å²) in [6.07, 6.45) is -9.84. The van der Waals surface area contributed by atoms with Crippen LogP contribution in [0.15, 0.2) is 17.1 Å². The van der Waals surface area contributed by atoms with E-state index in [2.05, 4.69) is 0 Å². The normalized spacial score (nSPS) is 12.9. The van der Waals surface area contributed by atoms with Gasteiger partial charge in [0.2, 0.25) is 0 Å². The van der Waals surface area contributed by atoms with Crippen LogP contribution >= 0.6 is 0 Å². The number of alkyl halides is 6. The average Bonchev–Trinajstić information content (AvgIpc) is 2.00. The van der Waals surface area contributed by atoms with Crippen LogP contribution in [0.25, 0.3) is 0 Å². The highest BCUT2D eigenvalue weighted by Gasteiger charge is 2.38. The summed E-state index contributed by atoms with van der Waals surface area (Å²) in [5.74, 6) is 0. The largest absolute Gasteiger partial charge is 0.421 e. The Hall–Kier alpha value is -1.47. The van der Waals surface area contributed by atoms with Gasteiger partial charge in [-0.05, 0) is 6.07 Å². The molecule has 15 heavy (non-hydrogen) atoms. The van der Waals surface area contributed by atoms with Crippen molar-refractivity contribution >= 4 is 0 Å². The Labute approximate surface area is 78.5 Å². The van der Waals surface area contributed by atoms with Gasteiger partial charge in [-0.25, -0.2) is 0 Å². The molecular formula is C7H3F6NO. The molecule has 0 aliphatic heterocycles. The third-order valence-corrected chi connectivity index (χ3v) is 1.54. The highest BCUT2D eigenvalue weighted by molar-refractivity contribution is 5.22. The van der Waals surface area contributed by atoms with Crippen LogP contribution in [0.5, 0.6) is 0 Å². The number of hydrogen-bond donors (Lipinski definition) is 1. The Kier molecular flexibility index (Phi) is 2.54. The molecule has 0 fully saturated rings. The number of nitrogens with one attached hydrogen (secondary N) is 1. The van der Waals surface area contributed by atoms with E-state index in [9.17, 15) is 31.1 Å². The van der Waals surface area contributed by atoms with Gasteiger partial charge in [-0.2, -0.15) is 26.3 Å². The fraction of sp³-hybridized carbons (Fsp3) is 0.286. The molecule has 2 nitrogen and oxygen atoms in total. The van der Waals surface area contributed by atoms with Gasteiger partial charge in [0, 0.05) is 6.20 Å². The van der Waals surface area contributed by atoms with Crippen LogP contribution in [0.3, 0.4) is 0 Å². The summed E-state index contributed by atoms with van der Waals surface area (Å²) < 4.78 is 72.1. The molecule has 0 aromatic carbocycles. The summed E-state index contributed by atoms with van der Waals surface area (Å²) in [5, 5.41) is 0. The second-order valence-corrected chi connectivity index (χ2v) is 2.63. The van der Waals surface area contributed by atoms with Gasteiger partial charge in [-0.15, -0.1) is 0 Å². The number of halogens is 6. The Morgan fingerprint density at radius 3 is 1.93 bits per heavy atom. The molecular weight excluding hydrogens is 228 g/mol. The van der Waals surface area contributed by atoms with E-state index < -0.39 is 29.0 Å². The molecule has 1 aromatic heterocycles. The van der Waals surface area contributed by atoms with Crippen LogP contribution in [0.1, 0.15) is 11.1 Å². The number of pyridine rings is 1. The molecule has 8 heteroatoms. The van der Waals surface area contributed by atoms with Crippen LogP contribution in [0.2, 0.25) is 0 Å². The van der Waals surface area contributed by atoms with Gasteiger partial charge < -0.3 is 4.98 Å². The van der Waals surface area contributed by atoms with Gasteiger partial charge in [0.1, 0.15) is 5.56 Å². The summed E-state index contributed by atoms with van der Waals surface area (Å²) in [6.45, 7) is 0. The number of rotatable bonds is 0. The number of aromatic nitrogens is 1. The molecule has 0 saturated carbocycles. The van der Waals surface area contributed by atoms with Crippen molar-refractivity contribution in [1.29, 1.82) is 0 Å². The SMILES string of the molecule is O=c1[nH]cc(C(F)(F)F)cc1C(F)(F)F. The van der Waals surface area contributed by atoms with Gasteiger partial charge in [0.15, 0.2) is 0 Å². The molecule has 84 valence electrons. The van der Waals surface area contributed by atoms with E-state index in [-0.39, 0.29) is 12.3 Å². The monoisotopic (exact) mass is 231 g/mol. The van der Waals surface area contributed by atoms with Crippen molar-refractivity contribution in [2.24, 2.45) is 0 Å². The lowest BCUT2D eigenvalue weighted by Gasteiger charge is -2.09. The average molecular weight is 231 g/mol. The zero-order valence-electron chi connectivity index (χ0n) is 6.83. The minimum atomic E-state index is -5.10. The molecule has 0 bridgehead atoms. The Balaban J connectivity index is 3.37. The summed E-state index contributed by atoms with van der Waals surface area (Å²) in [4.78, 5) is 12.0. The second-order valence-electron chi connectivity index (χ2n) is 2.63. The third-order valence-electron chi connectivity index (χ3n) is 1.54. The first-order chi connectivity index (χ1) is 6.62. The first kappa shape index (κ1) is 11.6. The van der Waals surface area contributed by atoms with Gasteiger partial charge in [0.25, 0.3) is 5.56 Å². The van der Waals surface area contributed by atoms with Gasteiger partial charge in [-0.1, -0.05) is 0 Å². The number of hydrogen-bond acceptors (Lipinski definition) is 1. The fourth-order valence-electron chi connectivity index (χ4n) is 0.858. The zero-order valence-corrected chi connectivity index (χ0v) is 6.83. The van der Waals surface area contributed by atoms with Crippen molar-refractivity contribution in [2.75, 3.05) is 0 Å². The molecule has 0 amide bonds. The van der Waals surface area contributed by atoms with Crippen LogP contribution in [-0.2, 0) is 12.4 Å². The van der Waals surface area contributed by atoms with Crippen LogP contribution in [0.4, 0.5) is 26.3 Å². The fourth-order valence-corrected chi connectivity index (χ4v) is 0.858. The number of H-pyrrole nitrogens is 1. The molecule has 0 spiro atoms. The summed E-state index contributed by atoms with van der Waals surface area (Å²) in [6, 6.07) is -0.223. The minimum Gasteiger partial charge on any atom is -0.328 e. The molecule has 0 aliphatic carbocycles. The molecule has 0 saturated heterocycles. The molecule has 0 atom stereocenters. The van der Waals surface area contributed by atoms with Crippen molar-refractivity contribution in [1.82, 2.24) is 4.98 Å². The van der Waals surface area contributed by atoms with E-state index in [1.807, 2.05) is 0 Å². The maximum absolute atomic E-state index is 12.0. The molecule has 1 heterocycles. The smallest absolute Gasteiger partial charge is 0.328 e. The minimum absolute atomic E-state index is 0.192. The maximum atomic E-state index is 12.0. The van der Waals surface area contributed by atoms with Crippen molar-refractivity contribution < 1.29 is 26.3 Å². The van der Waals surface area contributed by atoms with E-state index in [4.69, 9.17) is 0 Å². The highest BCUT2D eigenvalue weighted by atomic mass is 19.4. The van der Waals surface area contributed by atoms with E-state index >= 15 is 0 Å². The first-order valence-electron chi connectivity index (χ1n) is 3.49. The lowest BCUT2D eigenvalue weighted by Crippen LogP contribution is -2.23. The predicted octanol–water partition coefficient (Wildman–Crippen LogP) is 2.41. The lowest BCUT2D eigenvalue weighted by molar-refractivity contribution is -0.144. The maximum Gasteiger partial charge on any atom is 0.421 e. The highest BCUT2D eigenvalue weighted by Crippen LogP contribution is 2.32. The molecule has 1 N–H and O–H groups in total. The van der Waals surface area contributed by atoms with Gasteiger partial charge in [0.05, 0.1) is 5.56 Å². The van der Waals surface area contributed by atoms with Crippen LogP contribution in [-0.4, -0.2) is 4.98 Å². The van der Waals surface area contributed by atoms with Crippen LogP contribution in [0, 0.1) is 0 Å². The standard InChI is InChI=1S/C7H3F6NO/c8-6(9,10)3-1-4(7(11,12)13)5(15)14-2-3/h1-2H,(H,14,15). The predicted molar refractivity (Wildman–Crippen MR) is 37.1 cm³/mol. The zero-order chi connectivity index (χ0) is 11.9. The van der Waals surface area contributed by atoms with E-state index in [0.717, 1.165) is 0 Å². The van der Waals surface area contributed by atoms with Gasteiger partial charge >= 0.3 is 12.4 Å². The lowest BCUT2D eigenvalue weighted by atomic mass is 10.2. The third kappa shape index (κ3) is 2.51. The topological polar surface area (TPSA) is 32.9 Å². The Bertz CT molecular complexity index is 415. The Morgan fingerprint density at radius 1 is 1.00 bits per heavy atom. The summed E-state index contributed by atoms with van der Waals surface area (Å²) >= 11 is 0. The quantitative estimate of drug-likeness (QED) is 0.683. The van der Waals surface area contributed by atoms with Crippen molar-refractivity contribution in [3.8, 4) is 0 Å².